The van der Waals surface area contributed by atoms with Gasteiger partial charge in [-0.05, 0) is 24.6 Å². The standard InChI is InChI=1S/C13H17FN4O/c1-3-18-7-11(16-8-18)13(17-15)9-4-5-10(14)12(6-9)19-2/h4-8,13,17H,3,15H2,1-2H3. The van der Waals surface area contributed by atoms with E-state index in [0.717, 1.165) is 17.8 Å². The van der Waals surface area contributed by atoms with E-state index < -0.39 is 5.82 Å². The summed E-state index contributed by atoms with van der Waals surface area (Å²) in [7, 11) is 1.43. The quantitative estimate of drug-likeness (QED) is 0.636. The van der Waals surface area contributed by atoms with E-state index in [1.165, 1.54) is 13.2 Å². The lowest BCUT2D eigenvalue weighted by atomic mass is 10.0. The van der Waals surface area contributed by atoms with Gasteiger partial charge >= 0.3 is 0 Å². The molecule has 6 heteroatoms. The summed E-state index contributed by atoms with van der Waals surface area (Å²) in [5, 5.41) is 0. The lowest BCUT2D eigenvalue weighted by Gasteiger charge is -2.15. The molecule has 0 radical (unpaired) electrons. The summed E-state index contributed by atoms with van der Waals surface area (Å²) in [5.41, 5.74) is 4.26. The monoisotopic (exact) mass is 264 g/mol. The molecule has 1 aromatic heterocycles. The highest BCUT2D eigenvalue weighted by atomic mass is 19.1. The van der Waals surface area contributed by atoms with Crippen LogP contribution in [-0.2, 0) is 6.54 Å². The van der Waals surface area contributed by atoms with Crippen molar-refractivity contribution in [2.45, 2.75) is 19.5 Å². The van der Waals surface area contributed by atoms with Crippen LogP contribution in [0.3, 0.4) is 0 Å². The summed E-state index contributed by atoms with van der Waals surface area (Å²) in [6.07, 6.45) is 3.64. The predicted molar refractivity (Wildman–Crippen MR) is 70.0 cm³/mol. The van der Waals surface area contributed by atoms with Crippen LogP contribution in [0.25, 0.3) is 0 Å². The van der Waals surface area contributed by atoms with Crippen molar-refractivity contribution in [3.63, 3.8) is 0 Å². The Kier molecular flexibility index (Phi) is 4.13. The van der Waals surface area contributed by atoms with Gasteiger partial charge in [0, 0.05) is 12.7 Å². The first-order valence-electron chi connectivity index (χ1n) is 6.00. The molecular formula is C13H17FN4O. The summed E-state index contributed by atoms with van der Waals surface area (Å²) in [6, 6.07) is 4.33. The fraction of sp³-hybridized carbons (Fsp3) is 0.308. The molecule has 0 aliphatic heterocycles. The minimum Gasteiger partial charge on any atom is -0.494 e. The highest BCUT2D eigenvalue weighted by Gasteiger charge is 2.17. The van der Waals surface area contributed by atoms with Crippen LogP contribution in [0.1, 0.15) is 24.2 Å². The molecule has 1 heterocycles. The van der Waals surface area contributed by atoms with Crippen LogP contribution in [-0.4, -0.2) is 16.7 Å². The van der Waals surface area contributed by atoms with Gasteiger partial charge in [0.15, 0.2) is 11.6 Å². The number of benzene rings is 1. The second-order valence-corrected chi connectivity index (χ2v) is 4.12. The smallest absolute Gasteiger partial charge is 0.165 e. The lowest BCUT2D eigenvalue weighted by Crippen LogP contribution is -2.29. The van der Waals surface area contributed by atoms with Crippen molar-refractivity contribution in [2.75, 3.05) is 7.11 Å². The van der Waals surface area contributed by atoms with E-state index in [1.807, 2.05) is 17.7 Å². The lowest BCUT2D eigenvalue weighted by molar-refractivity contribution is 0.385. The number of hydrogen-bond donors (Lipinski definition) is 2. The third-order valence-corrected chi connectivity index (χ3v) is 2.99. The average Bonchev–Trinajstić information content (AvgIpc) is 2.90. The third-order valence-electron chi connectivity index (χ3n) is 2.99. The Hall–Kier alpha value is -1.92. The Morgan fingerprint density at radius 2 is 2.32 bits per heavy atom. The van der Waals surface area contributed by atoms with Gasteiger partial charge in [-0.2, -0.15) is 0 Å². The number of aromatic nitrogens is 2. The molecule has 0 bridgehead atoms. The zero-order chi connectivity index (χ0) is 13.8. The minimum absolute atomic E-state index is 0.188. The molecule has 0 saturated carbocycles. The van der Waals surface area contributed by atoms with Gasteiger partial charge < -0.3 is 9.30 Å². The number of nitrogens with zero attached hydrogens (tertiary/aromatic N) is 2. The van der Waals surface area contributed by atoms with Crippen LogP contribution in [0.15, 0.2) is 30.7 Å². The Balaban J connectivity index is 2.36. The fourth-order valence-electron chi connectivity index (χ4n) is 1.91. The van der Waals surface area contributed by atoms with Crippen molar-refractivity contribution < 1.29 is 9.13 Å². The molecule has 0 aliphatic carbocycles. The molecule has 3 N–H and O–H groups in total. The number of hydrazine groups is 1. The molecule has 102 valence electrons. The second-order valence-electron chi connectivity index (χ2n) is 4.12. The highest BCUT2D eigenvalue weighted by Crippen LogP contribution is 2.25. The van der Waals surface area contributed by atoms with E-state index in [9.17, 15) is 4.39 Å². The van der Waals surface area contributed by atoms with Gasteiger partial charge in [-0.1, -0.05) is 6.07 Å². The van der Waals surface area contributed by atoms with Crippen LogP contribution in [0.5, 0.6) is 5.75 Å². The van der Waals surface area contributed by atoms with Gasteiger partial charge in [-0.25, -0.2) is 14.8 Å². The molecule has 0 amide bonds. The van der Waals surface area contributed by atoms with Crippen molar-refractivity contribution in [3.8, 4) is 5.75 Å². The number of ether oxygens (including phenoxy) is 1. The molecule has 0 aliphatic rings. The zero-order valence-electron chi connectivity index (χ0n) is 10.9. The average molecular weight is 264 g/mol. The maximum Gasteiger partial charge on any atom is 0.165 e. The Morgan fingerprint density at radius 3 is 2.89 bits per heavy atom. The van der Waals surface area contributed by atoms with Crippen LogP contribution in [0.2, 0.25) is 0 Å². The van der Waals surface area contributed by atoms with E-state index in [2.05, 4.69) is 10.4 Å². The van der Waals surface area contributed by atoms with E-state index in [-0.39, 0.29) is 11.8 Å². The largest absolute Gasteiger partial charge is 0.494 e. The number of aryl methyl sites for hydroxylation is 1. The van der Waals surface area contributed by atoms with Gasteiger partial charge in [-0.3, -0.25) is 5.84 Å². The fourth-order valence-corrected chi connectivity index (χ4v) is 1.91. The van der Waals surface area contributed by atoms with Crippen LogP contribution < -0.4 is 16.0 Å². The molecule has 0 saturated heterocycles. The molecule has 2 aromatic rings. The molecule has 1 aromatic carbocycles. The first-order valence-corrected chi connectivity index (χ1v) is 6.00. The number of halogens is 1. The van der Waals surface area contributed by atoms with Crippen LogP contribution in [0, 0.1) is 5.82 Å². The number of methoxy groups -OCH3 is 1. The Labute approximate surface area is 111 Å². The topological polar surface area (TPSA) is 65.1 Å². The van der Waals surface area contributed by atoms with Gasteiger partial charge in [0.25, 0.3) is 0 Å². The minimum atomic E-state index is -0.402. The molecule has 1 atom stereocenters. The van der Waals surface area contributed by atoms with E-state index in [4.69, 9.17) is 10.6 Å². The van der Waals surface area contributed by atoms with Crippen LogP contribution >= 0.6 is 0 Å². The van der Waals surface area contributed by atoms with Gasteiger partial charge in [0.2, 0.25) is 0 Å². The third kappa shape index (κ3) is 2.74. The summed E-state index contributed by atoms with van der Waals surface area (Å²) in [5.74, 6) is 5.37. The van der Waals surface area contributed by atoms with Crippen molar-refractivity contribution >= 4 is 0 Å². The van der Waals surface area contributed by atoms with E-state index in [0.29, 0.717) is 0 Å². The summed E-state index contributed by atoms with van der Waals surface area (Å²) >= 11 is 0. The van der Waals surface area contributed by atoms with Crippen molar-refractivity contribution in [3.05, 3.63) is 47.8 Å². The first kappa shape index (κ1) is 13.5. The Bertz CT molecular complexity index is 555. The highest BCUT2D eigenvalue weighted by molar-refractivity contribution is 5.35. The molecule has 0 spiro atoms. The maximum absolute atomic E-state index is 13.4. The number of nitrogens with one attached hydrogen (secondary N) is 1. The molecule has 1 unspecified atom stereocenters. The normalized spacial score (nSPS) is 12.4. The van der Waals surface area contributed by atoms with Gasteiger partial charge in [0.05, 0.1) is 25.2 Å². The molecule has 2 rings (SSSR count). The van der Waals surface area contributed by atoms with Gasteiger partial charge in [-0.15, -0.1) is 0 Å². The Morgan fingerprint density at radius 1 is 1.53 bits per heavy atom. The van der Waals surface area contributed by atoms with Crippen molar-refractivity contribution in [2.24, 2.45) is 5.84 Å². The molecule has 5 nitrogen and oxygen atoms in total. The summed E-state index contributed by atoms with van der Waals surface area (Å²) in [4.78, 5) is 4.30. The predicted octanol–water partition coefficient (Wildman–Crippen LogP) is 1.60. The molecule has 19 heavy (non-hydrogen) atoms. The number of nitrogens with two attached hydrogens (primary N) is 1. The van der Waals surface area contributed by atoms with Crippen LogP contribution in [0.4, 0.5) is 4.39 Å². The number of imidazole rings is 1. The first-order chi connectivity index (χ1) is 9.19. The number of hydrogen-bond acceptors (Lipinski definition) is 4. The number of rotatable bonds is 5. The van der Waals surface area contributed by atoms with E-state index in [1.54, 1.807) is 18.5 Å². The second kappa shape index (κ2) is 5.81. The maximum atomic E-state index is 13.4. The van der Waals surface area contributed by atoms with Crippen molar-refractivity contribution in [1.82, 2.24) is 15.0 Å². The SMILES string of the molecule is CCn1cnc(C(NN)c2ccc(F)c(OC)c2)c1. The molecular weight excluding hydrogens is 247 g/mol. The van der Waals surface area contributed by atoms with Crippen molar-refractivity contribution in [1.29, 1.82) is 0 Å². The summed E-state index contributed by atoms with van der Waals surface area (Å²) < 4.78 is 20.3. The molecule has 0 fully saturated rings. The summed E-state index contributed by atoms with van der Waals surface area (Å²) in [6.45, 7) is 2.86. The van der Waals surface area contributed by atoms with E-state index >= 15 is 0 Å². The van der Waals surface area contributed by atoms with Gasteiger partial charge in [0.1, 0.15) is 0 Å². The zero-order valence-corrected chi connectivity index (χ0v) is 10.9.